The molecule has 0 bridgehead atoms. The molecule has 0 unspecified atom stereocenters. The van der Waals surface area contributed by atoms with Crippen molar-refractivity contribution < 1.29 is 18.9 Å². The number of hydrogen-bond donors (Lipinski definition) is 0. The molecule has 0 fully saturated rings. The van der Waals surface area contributed by atoms with Crippen LogP contribution in [-0.4, -0.2) is 0 Å². The Morgan fingerprint density at radius 2 is 1.25 bits per heavy atom. The minimum absolute atomic E-state index is 0. The Bertz CT molecular complexity index is 417. The third-order valence-electron chi connectivity index (χ3n) is 2.68. The van der Waals surface area contributed by atoms with Crippen molar-refractivity contribution in [3.8, 4) is 0 Å². The van der Waals surface area contributed by atoms with Crippen LogP contribution in [0.2, 0.25) is 0 Å². The molecule has 100 valence electrons. The summed E-state index contributed by atoms with van der Waals surface area (Å²) in [6.07, 6.45) is 3.68. The fourth-order valence-corrected chi connectivity index (χ4v) is 4.03. The molecule has 0 spiro atoms. The summed E-state index contributed by atoms with van der Waals surface area (Å²) in [6.45, 7) is 2.25. The van der Waals surface area contributed by atoms with Crippen LogP contribution in [0.3, 0.4) is 0 Å². The normalized spacial score (nSPS) is 10.3. The molecule has 2 rings (SSSR count). The second kappa shape index (κ2) is 10.5. The van der Waals surface area contributed by atoms with Gasteiger partial charge in [-0.15, -0.1) is 0 Å². The van der Waals surface area contributed by atoms with E-state index in [0.29, 0.717) is 0 Å². The van der Waals surface area contributed by atoms with Crippen molar-refractivity contribution >= 4 is 23.5 Å². The molecule has 0 amide bonds. The molecule has 0 heterocycles. The molecule has 0 radical (unpaired) electrons. The van der Waals surface area contributed by atoms with E-state index >= 15 is 0 Å². The van der Waals surface area contributed by atoms with E-state index in [1.54, 1.807) is 0 Å². The van der Waals surface area contributed by atoms with Crippen LogP contribution < -0.4 is 18.9 Å². The number of unbranched alkanes of at least 4 members (excludes halogenated alkanes) is 1. The number of hydrogen-bond acceptors (Lipinski definition) is 2. The Morgan fingerprint density at radius 3 is 1.65 bits per heavy atom. The van der Waals surface area contributed by atoms with Gasteiger partial charge in [-0.3, -0.25) is 0 Å². The predicted octanol–water partition coefficient (Wildman–Crippen LogP) is 3.25. The summed E-state index contributed by atoms with van der Waals surface area (Å²) in [7, 11) is 0. The van der Waals surface area contributed by atoms with Gasteiger partial charge in [-0.2, -0.15) is 11.0 Å². The van der Waals surface area contributed by atoms with Crippen molar-refractivity contribution in [2.45, 2.75) is 36.0 Å². The van der Waals surface area contributed by atoms with Crippen molar-refractivity contribution in [2.75, 3.05) is 0 Å². The minimum atomic E-state index is 0. The zero-order valence-electron chi connectivity index (χ0n) is 12.2. The third-order valence-corrected chi connectivity index (χ3v) is 5.06. The minimum Gasteiger partial charge on any atom is -0.302 e. The van der Waals surface area contributed by atoms with Crippen LogP contribution in [0.15, 0.2) is 70.5 Å². The molecule has 0 saturated heterocycles. The van der Waals surface area contributed by atoms with Gasteiger partial charge >= 0.3 is 18.9 Å². The van der Waals surface area contributed by atoms with Crippen LogP contribution in [0.1, 0.15) is 26.2 Å². The third kappa shape index (κ3) is 6.46. The van der Waals surface area contributed by atoms with Crippen LogP contribution in [0.25, 0.3) is 0 Å². The Morgan fingerprint density at radius 1 is 0.800 bits per heavy atom. The average Bonchev–Trinajstić information content (AvgIpc) is 2.47. The van der Waals surface area contributed by atoms with E-state index in [2.05, 4.69) is 67.6 Å². The van der Waals surface area contributed by atoms with E-state index in [-0.39, 0.29) is 18.9 Å². The Kier molecular flexibility index (Phi) is 9.31. The zero-order chi connectivity index (χ0) is 13.3. The standard InChI is InChI=1S/C17H19S2.Li/c1-2-3-14-17(18-15-10-6-4-7-11-15)19-16-12-8-5-9-13-16;/h4-13H,2-3,14H2,1H3;/q-1;+1. The molecule has 0 saturated carbocycles. The molecule has 0 aliphatic heterocycles. The maximum absolute atomic E-state index is 2.25. The summed E-state index contributed by atoms with van der Waals surface area (Å²) in [5, 5.41) is 0. The largest absolute Gasteiger partial charge is 1.00 e. The van der Waals surface area contributed by atoms with Gasteiger partial charge in [0.2, 0.25) is 0 Å². The first-order valence-corrected chi connectivity index (χ1v) is 8.33. The Balaban J connectivity index is 0.00000200. The number of benzene rings is 2. The van der Waals surface area contributed by atoms with Crippen LogP contribution in [0.5, 0.6) is 0 Å². The molecule has 3 heteroatoms. The molecule has 2 aromatic rings. The molecule has 0 aliphatic carbocycles. The summed E-state index contributed by atoms with van der Waals surface area (Å²) in [6, 6.07) is 21.3. The molecule has 20 heavy (non-hydrogen) atoms. The van der Waals surface area contributed by atoms with Crippen LogP contribution in [-0.2, 0) is 0 Å². The summed E-state index contributed by atoms with van der Waals surface area (Å²) in [5.74, 6) is 0. The summed E-state index contributed by atoms with van der Waals surface area (Å²) >= 11 is 3.81. The number of thioether (sulfide) groups is 2. The first kappa shape index (κ1) is 17.8. The van der Waals surface area contributed by atoms with E-state index < -0.39 is 0 Å². The van der Waals surface area contributed by atoms with E-state index in [1.807, 2.05) is 23.5 Å². The molecule has 0 aromatic heterocycles. The van der Waals surface area contributed by atoms with Gasteiger partial charge in [-0.05, 0) is 9.79 Å². The van der Waals surface area contributed by atoms with Crippen molar-refractivity contribution in [1.29, 1.82) is 0 Å². The van der Waals surface area contributed by atoms with Crippen LogP contribution in [0, 0.1) is 4.58 Å². The summed E-state index contributed by atoms with van der Waals surface area (Å²) in [5.41, 5.74) is 0. The molecule has 0 atom stereocenters. The molecule has 0 aliphatic rings. The summed E-state index contributed by atoms with van der Waals surface area (Å²) < 4.78 is 1.49. The van der Waals surface area contributed by atoms with Crippen LogP contribution in [0.4, 0.5) is 0 Å². The zero-order valence-corrected chi connectivity index (χ0v) is 13.8. The topological polar surface area (TPSA) is 0 Å². The van der Waals surface area contributed by atoms with Gasteiger partial charge in [0, 0.05) is 0 Å². The van der Waals surface area contributed by atoms with E-state index in [1.165, 1.54) is 33.6 Å². The second-order valence-electron chi connectivity index (χ2n) is 4.31. The van der Waals surface area contributed by atoms with Crippen molar-refractivity contribution in [2.24, 2.45) is 0 Å². The van der Waals surface area contributed by atoms with Crippen molar-refractivity contribution in [1.82, 2.24) is 0 Å². The SMILES string of the molecule is CCCC[C-](Sc1ccccc1)Sc1ccccc1.[Li+]. The number of rotatable bonds is 7. The van der Waals surface area contributed by atoms with Gasteiger partial charge in [0.1, 0.15) is 0 Å². The van der Waals surface area contributed by atoms with Gasteiger partial charge in [-0.25, -0.2) is 0 Å². The van der Waals surface area contributed by atoms with E-state index in [0.717, 1.165) is 0 Å². The van der Waals surface area contributed by atoms with Gasteiger partial charge in [0.05, 0.1) is 0 Å². The Hall–Kier alpha value is -0.263. The van der Waals surface area contributed by atoms with Crippen LogP contribution >= 0.6 is 23.5 Å². The maximum atomic E-state index is 2.25. The first-order chi connectivity index (χ1) is 9.38. The van der Waals surface area contributed by atoms with Gasteiger partial charge in [0.25, 0.3) is 0 Å². The van der Waals surface area contributed by atoms with E-state index in [9.17, 15) is 0 Å². The predicted molar refractivity (Wildman–Crippen MR) is 87.4 cm³/mol. The van der Waals surface area contributed by atoms with Crippen molar-refractivity contribution in [3.05, 3.63) is 65.2 Å². The molecule has 2 aromatic carbocycles. The summed E-state index contributed by atoms with van der Waals surface area (Å²) in [4.78, 5) is 2.66. The monoisotopic (exact) mass is 294 g/mol. The molecule has 0 nitrogen and oxygen atoms in total. The Labute approximate surface area is 143 Å². The van der Waals surface area contributed by atoms with E-state index in [4.69, 9.17) is 0 Å². The van der Waals surface area contributed by atoms with Gasteiger partial charge in [0.15, 0.2) is 0 Å². The maximum Gasteiger partial charge on any atom is 1.00 e. The molecule has 0 N–H and O–H groups in total. The second-order valence-corrected chi connectivity index (χ2v) is 6.90. The quantitative estimate of drug-likeness (QED) is 0.437. The molecular formula is C17H19LiS2. The first-order valence-electron chi connectivity index (χ1n) is 6.70. The fraction of sp³-hybridized carbons (Fsp3) is 0.235. The fourth-order valence-electron chi connectivity index (χ4n) is 1.68. The molecular weight excluding hydrogens is 275 g/mol. The average molecular weight is 294 g/mol. The smallest absolute Gasteiger partial charge is 0.302 e. The van der Waals surface area contributed by atoms with Gasteiger partial charge < -0.3 is 23.5 Å². The van der Waals surface area contributed by atoms with Gasteiger partial charge in [-0.1, -0.05) is 80.4 Å². The van der Waals surface area contributed by atoms with Crippen molar-refractivity contribution in [3.63, 3.8) is 0 Å².